The fourth-order valence-electron chi connectivity index (χ4n) is 1.94. The van der Waals surface area contributed by atoms with Crippen LogP contribution in [0.1, 0.15) is 40.0 Å². The summed E-state index contributed by atoms with van der Waals surface area (Å²) in [6, 6.07) is -0.165. The van der Waals surface area contributed by atoms with Crippen molar-refractivity contribution in [3.8, 4) is 0 Å². The molecule has 0 unspecified atom stereocenters. The van der Waals surface area contributed by atoms with Crippen molar-refractivity contribution in [3.63, 3.8) is 0 Å². The maximum Gasteiger partial charge on any atom is 0.281 e. The van der Waals surface area contributed by atoms with Crippen molar-refractivity contribution in [2.75, 3.05) is 26.7 Å². The van der Waals surface area contributed by atoms with Crippen molar-refractivity contribution in [1.82, 2.24) is 8.61 Å². The summed E-state index contributed by atoms with van der Waals surface area (Å²) in [6.45, 7) is 7.72. The van der Waals surface area contributed by atoms with E-state index >= 15 is 0 Å². The normalized spacial score (nSPS) is 21.2. The van der Waals surface area contributed by atoms with E-state index < -0.39 is 10.2 Å². The van der Waals surface area contributed by atoms with Gasteiger partial charge in [0.1, 0.15) is 0 Å². The first-order chi connectivity index (χ1) is 8.15. The SMILES string of the molecule is CN(C[C@@H](N)C(C)(C)C)S(=O)(=O)N1CCCCC1. The van der Waals surface area contributed by atoms with E-state index in [4.69, 9.17) is 5.73 Å². The molecular formula is C12H27N3O2S. The molecule has 0 bridgehead atoms. The monoisotopic (exact) mass is 277 g/mol. The van der Waals surface area contributed by atoms with Crippen LogP contribution in [0.3, 0.4) is 0 Å². The molecule has 1 fully saturated rings. The van der Waals surface area contributed by atoms with E-state index in [-0.39, 0.29) is 11.5 Å². The standard InChI is InChI=1S/C12H27N3O2S/c1-12(2,3)11(13)10-14(4)18(16,17)15-8-6-5-7-9-15/h11H,5-10,13H2,1-4H3/t11-/m1/s1. The number of nitrogens with zero attached hydrogens (tertiary/aromatic N) is 2. The van der Waals surface area contributed by atoms with E-state index in [1.54, 1.807) is 11.4 Å². The smallest absolute Gasteiger partial charge is 0.281 e. The highest BCUT2D eigenvalue weighted by Gasteiger charge is 2.31. The molecule has 0 spiro atoms. The fraction of sp³-hybridized carbons (Fsp3) is 1.00. The van der Waals surface area contributed by atoms with Crippen LogP contribution in [0.4, 0.5) is 0 Å². The van der Waals surface area contributed by atoms with Gasteiger partial charge in [-0.05, 0) is 18.3 Å². The molecule has 1 heterocycles. The number of nitrogens with two attached hydrogens (primary N) is 1. The molecule has 1 rings (SSSR count). The molecule has 0 radical (unpaired) electrons. The average molecular weight is 277 g/mol. The molecule has 0 saturated carbocycles. The minimum Gasteiger partial charge on any atom is -0.326 e. The zero-order chi connectivity index (χ0) is 14.0. The molecule has 18 heavy (non-hydrogen) atoms. The lowest BCUT2D eigenvalue weighted by Crippen LogP contribution is -2.50. The van der Waals surface area contributed by atoms with Crippen LogP contribution in [0, 0.1) is 5.41 Å². The van der Waals surface area contributed by atoms with Gasteiger partial charge >= 0.3 is 0 Å². The first kappa shape index (κ1) is 15.9. The number of rotatable bonds is 4. The Balaban J connectivity index is 2.67. The molecule has 0 aromatic heterocycles. The van der Waals surface area contributed by atoms with E-state index in [9.17, 15) is 8.42 Å². The fourth-order valence-corrected chi connectivity index (χ4v) is 3.40. The van der Waals surface area contributed by atoms with Crippen molar-refractivity contribution in [2.45, 2.75) is 46.1 Å². The maximum absolute atomic E-state index is 12.3. The highest BCUT2D eigenvalue weighted by molar-refractivity contribution is 7.86. The molecule has 5 nitrogen and oxygen atoms in total. The van der Waals surface area contributed by atoms with Crippen LogP contribution in [0.15, 0.2) is 0 Å². The van der Waals surface area contributed by atoms with E-state index in [2.05, 4.69) is 0 Å². The van der Waals surface area contributed by atoms with Crippen LogP contribution in [0.2, 0.25) is 0 Å². The van der Waals surface area contributed by atoms with Gasteiger partial charge in [0.25, 0.3) is 10.2 Å². The number of hydrogen-bond donors (Lipinski definition) is 1. The van der Waals surface area contributed by atoms with Gasteiger partial charge in [-0.2, -0.15) is 17.0 Å². The summed E-state index contributed by atoms with van der Waals surface area (Å²) < 4.78 is 27.7. The highest BCUT2D eigenvalue weighted by atomic mass is 32.2. The number of hydrogen-bond acceptors (Lipinski definition) is 3. The minimum atomic E-state index is -3.33. The van der Waals surface area contributed by atoms with E-state index in [0.717, 1.165) is 19.3 Å². The Kier molecular flexibility index (Phi) is 5.17. The van der Waals surface area contributed by atoms with Crippen LogP contribution < -0.4 is 5.73 Å². The van der Waals surface area contributed by atoms with Gasteiger partial charge in [0.15, 0.2) is 0 Å². The second kappa shape index (κ2) is 5.86. The Labute approximate surface area is 112 Å². The molecule has 1 atom stereocenters. The summed E-state index contributed by atoms with van der Waals surface area (Å²) in [6.07, 6.45) is 3.04. The molecule has 6 heteroatoms. The second-order valence-electron chi connectivity index (χ2n) is 6.22. The summed E-state index contributed by atoms with van der Waals surface area (Å²) in [7, 11) is -1.71. The Morgan fingerprint density at radius 1 is 1.22 bits per heavy atom. The van der Waals surface area contributed by atoms with Crippen LogP contribution in [0.5, 0.6) is 0 Å². The van der Waals surface area contributed by atoms with Crippen molar-refractivity contribution in [3.05, 3.63) is 0 Å². The minimum absolute atomic E-state index is 0.0916. The van der Waals surface area contributed by atoms with Crippen molar-refractivity contribution in [1.29, 1.82) is 0 Å². The topological polar surface area (TPSA) is 66.6 Å². The van der Waals surface area contributed by atoms with Gasteiger partial charge in [-0.15, -0.1) is 0 Å². The Morgan fingerprint density at radius 2 is 1.72 bits per heavy atom. The summed E-state index contributed by atoms with van der Waals surface area (Å²) in [5.41, 5.74) is 5.96. The van der Waals surface area contributed by atoms with Crippen LogP contribution in [-0.2, 0) is 10.2 Å². The van der Waals surface area contributed by atoms with E-state index in [1.807, 2.05) is 20.8 Å². The van der Waals surface area contributed by atoms with Gasteiger partial charge in [-0.3, -0.25) is 0 Å². The van der Waals surface area contributed by atoms with Gasteiger partial charge in [-0.1, -0.05) is 27.2 Å². The third kappa shape index (κ3) is 3.91. The largest absolute Gasteiger partial charge is 0.326 e. The average Bonchev–Trinajstić information content (AvgIpc) is 2.28. The van der Waals surface area contributed by atoms with Gasteiger partial charge < -0.3 is 5.73 Å². The first-order valence-corrected chi connectivity index (χ1v) is 8.02. The molecule has 108 valence electrons. The molecule has 0 amide bonds. The van der Waals surface area contributed by atoms with Gasteiger partial charge in [0, 0.05) is 32.7 Å². The van der Waals surface area contributed by atoms with Crippen LogP contribution in [0.25, 0.3) is 0 Å². The molecule has 2 N–H and O–H groups in total. The molecule has 0 aliphatic carbocycles. The lowest BCUT2D eigenvalue weighted by Gasteiger charge is -2.34. The predicted molar refractivity (Wildman–Crippen MR) is 74.4 cm³/mol. The van der Waals surface area contributed by atoms with Crippen molar-refractivity contribution >= 4 is 10.2 Å². The quantitative estimate of drug-likeness (QED) is 0.834. The zero-order valence-electron chi connectivity index (χ0n) is 12.0. The molecular weight excluding hydrogens is 250 g/mol. The van der Waals surface area contributed by atoms with Crippen LogP contribution in [-0.4, -0.2) is 49.8 Å². The summed E-state index contributed by atoms with van der Waals surface area (Å²) >= 11 is 0. The maximum atomic E-state index is 12.3. The summed E-state index contributed by atoms with van der Waals surface area (Å²) in [4.78, 5) is 0. The Morgan fingerprint density at radius 3 is 2.17 bits per heavy atom. The predicted octanol–water partition coefficient (Wildman–Crippen LogP) is 1.02. The summed E-state index contributed by atoms with van der Waals surface area (Å²) in [5.74, 6) is 0. The number of piperidine rings is 1. The Bertz CT molecular complexity index is 356. The zero-order valence-corrected chi connectivity index (χ0v) is 12.8. The third-order valence-corrected chi connectivity index (χ3v) is 5.56. The highest BCUT2D eigenvalue weighted by Crippen LogP contribution is 2.20. The van der Waals surface area contributed by atoms with Gasteiger partial charge in [0.2, 0.25) is 0 Å². The lowest BCUT2D eigenvalue weighted by atomic mass is 9.87. The lowest BCUT2D eigenvalue weighted by molar-refractivity contribution is 0.261. The van der Waals surface area contributed by atoms with Gasteiger partial charge in [-0.25, -0.2) is 0 Å². The molecule has 0 aromatic carbocycles. The summed E-state index contributed by atoms with van der Waals surface area (Å²) in [5, 5.41) is 0. The van der Waals surface area contributed by atoms with Crippen molar-refractivity contribution in [2.24, 2.45) is 11.1 Å². The second-order valence-corrected chi connectivity index (χ2v) is 8.26. The van der Waals surface area contributed by atoms with Crippen molar-refractivity contribution < 1.29 is 8.42 Å². The first-order valence-electron chi connectivity index (χ1n) is 6.62. The van der Waals surface area contributed by atoms with E-state index in [0.29, 0.717) is 19.6 Å². The number of likely N-dealkylation sites (N-methyl/N-ethyl adjacent to an activating group) is 1. The molecule has 1 saturated heterocycles. The van der Waals surface area contributed by atoms with Crippen LogP contribution >= 0.6 is 0 Å². The van der Waals surface area contributed by atoms with E-state index in [1.165, 1.54) is 4.31 Å². The van der Waals surface area contributed by atoms with Gasteiger partial charge in [0.05, 0.1) is 0 Å². The third-order valence-electron chi connectivity index (χ3n) is 3.60. The molecule has 1 aliphatic heterocycles. The molecule has 0 aromatic rings. The molecule has 1 aliphatic rings. The Hall–Kier alpha value is -0.170.